The second-order valence-corrected chi connectivity index (χ2v) is 4.11. The number of nitrogens with zero attached hydrogens (tertiary/aromatic N) is 1. The highest BCUT2D eigenvalue weighted by atomic mass is 79.9. The Balaban J connectivity index is 2.97. The van der Waals surface area contributed by atoms with Crippen molar-refractivity contribution in [2.75, 3.05) is 7.11 Å². The van der Waals surface area contributed by atoms with Crippen molar-refractivity contribution in [2.45, 2.75) is 13.0 Å². The maximum Gasteiger partial charge on any atom is 0.344 e. The summed E-state index contributed by atoms with van der Waals surface area (Å²) in [6.45, 7) is 1.46. The number of carboxylic acid groups (broad SMARTS) is 1. The van der Waals surface area contributed by atoms with Crippen LogP contribution in [0.3, 0.4) is 0 Å². The monoisotopic (exact) mass is 301 g/mol. The van der Waals surface area contributed by atoms with Gasteiger partial charge in [-0.05, 0) is 25.1 Å². The van der Waals surface area contributed by atoms with Gasteiger partial charge in [0.25, 0.3) is 0 Å². The molecule has 0 spiro atoms. The molecular formula is C11H12BrNO4. The van der Waals surface area contributed by atoms with E-state index in [4.69, 9.17) is 9.84 Å². The van der Waals surface area contributed by atoms with Crippen molar-refractivity contribution in [3.63, 3.8) is 0 Å². The Bertz CT molecular complexity index is 433. The van der Waals surface area contributed by atoms with Crippen molar-refractivity contribution in [2.24, 2.45) is 5.16 Å². The number of ether oxygens (including phenoxy) is 1. The van der Waals surface area contributed by atoms with E-state index in [0.717, 1.165) is 4.47 Å². The molecule has 5 nitrogen and oxygen atoms in total. The molecule has 0 radical (unpaired) electrons. The number of oxime groups is 1. The average molecular weight is 302 g/mol. The maximum atomic E-state index is 10.7. The molecule has 0 aliphatic rings. The van der Waals surface area contributed by atoms with Gasteiger partial charge in [-0.15, -0.1) is 0 Å². The zero-order valence-electron chi connectivity index (χ0n) is 9.38. The lowest BCUT2D eigenvalue weighted by Crippen LogP contribution is -2.23. The molecule has 0 aliphatic carbocycles. The third-order valence-corrected chi connectivity index (χ3v) is 2.41. The van der Waals surface area contributed by atoms with Crippen LogP contribution in [0, 0.1) is 0 Å². The number of hydrogen-bond acceptors (Lipinski definition) is 4. The third kappa shape index (κ3) is 4.07. The second-order valence-electron chi connectivity index (χ2n) is 3.20. The minimum atomic E-state index is -1.03. The fourth-order valence-electron chi connectivity index (χ4n) is 1.08. The maximum absolute atomic E-state index is 10.7. The molecule has 0 amide bonds. The summed E-state index contributed by atoms with van der Waals surface area (Å²) in [5.74, 6) is -0.591. The van der Waals surface area contributed by atoms with Crippen LogP contribution in [0.5, 0.6) is 5.75 Å². The quantitative estimate of drug-likeness (QED) is 0.669. The van der Waals surface area contributed by atoms with Crippen LogP contribution in [0.1, 0.15) is 12.5 Å². The van der Waals surface area contributed by atoms with Gasteiger partial charge in [0.15, 0.2) is 6.10 Å². The first-order valence-corrected chi connectivity index (χ1v) is 5.59. The fourth-order valence-corrected chi connectivity index (χ4v) is 1.46. The molecule has 0 saturated heterocycles. The van der Waals surface area contributed by atoms with Crippen LogP contribution in [0.4, 0.5) is 0 Å². The summed E-state index contributed by atoms with van der Waals surface area (Å²) < 4.78 is 6.13. The first-order chi connectivity index (χ1) is 8.04. The van der Waals surface area contributed by atoms with Gasteiger partial charge < -0.3 is 14.7 Å². The lowest BCUT2D eigenvalue weighted by Gasteiger charge is -2.12. The van der Waals surface area contributed by atoms with Crippen molar-refractivity contribution in [1.82, 2.24) is 0 Å². The Morgan fingerprint density at radius 2 is 2.29 bits per heavy atom. The standard InChI is InChI=1S/C11H12BrNO4/c1-7(11(14)15)17-10-4-3-9(12)5-8(10)6-13-16-2/h3-7H,1-2H3,(H,14,15)/b13-6+/t7-/m0/s1. The topological polar surface area (TPSA) is 68.1 Å². The van der Waals surface area contributed by atoms with Gasteiger partial charge in [0.2, 0.25) is 0 Å². The van der Waals surface area contributed by atoms with Crippen LogP contribution >= 0.6 is 15.9 Å². The Hall–Kier alpha value is -1.56. The first kappa shape index (κ1) is 13.5. The summed E-state index contributed by atoms with van der Waals surface area (Å²) in [4.78, 5) is 15.3. The summed E-state index contributed by atoms with van der Waals surface area (Å²) in [6.07, 6.45) is 0.528. The van der Waals surface area contributed by atoms with Crippen LogP contribution in [0.2, 0.25) is 0 Å². The van der Waals surface area contributed by atoms with E-state index in [1.807, 2.05) is 0 Å². The summed E-state index contributed by atoms with van der Waals surface area (Å²) in [7, 11) is 1.43. The highest BCUT2D eigenvalue weighted by Crippen LogP contribution is 2.22. The molecule has 1 aromatic rings. The molecule has 0 fully saturated rings. The molecule has 0 saturated carbocycles. The number of benzene rings is 1. The van der Waals surface area contributed by atoms with E-state index in [9.17, 15) is 4.79 Å². The summed E-state index contributed by atoms with van der Waals surface area (Å²) in [5, 5.41) is 12.4. The van der Waals surface area contributed by atoms with Gasteiger partial charge in [-0.3, -0.25) is 0 Å². The molecule has 0 unspecified atom stereocenters. The highest BCUT2D eigenvalue weighted by molar-refractivity contribution is 9.10. The van der Waals surface area contributed by atoms with Crippen molar-refractivity contribution in [3.05, 3.63) is 28.2 Å². The predicted octanol–water partition coefficient (Wildman–Crippen LogP) is 2.28. The van der Waals surface area contributed by atoms with Gasteiger partial charge >= 0.3 is 5.97 Å². The molecule has 1 rings (SSSR count). The number of hydrogen-bond donors (Lipinski definition) is 1. The Labute approximate surface area is 107 Å². The first-order valence-electron chi connectivity index (χ1n) is 4.80. The molecule has 0 heterocycles. The van der Waals surface area contributed by atoms with Crippen LogP contribution in [-0.2, 0) is 9.63 Å². The van der Waals surface area contributed by atoms with E-state index in [0.29, 0.717) is 11.3 Å². The van der Waals surface area contributed by atoms with Crippen LogP contribution in [0.25, 0.3) is 0 Å². The lowest BCUT2D eigenvalue weighted by atomic mass is 10.2. The fraction of sp³-hybridized carbons (Fsp3) is 0.273. The van der Waals surface area contributed by atoms with E-state index in [2.05, 4.69) is 25.9 Å². The van der Waals surface area contributed by atoms with Crippen molar-refractivity contribution in [1.29, 1.82) is 0 Å². The van der Waals surface area contributed by atoms with Crippen molar-refractivity contribution >= 4 is 28.1 Å². The number of halogens is 1. The van der Waals surface area contributed by atoms with Gasteiger partial charge in [0.1, 0.15) is 12.9 Å². The molecule has 0 aromatic heterocycles. The van der Waals surface area contributed by atoms with Gasteiger partial charge in [-0.25, -0.2) is 4.79 Å². The molecule has 0 bridgehead atoms. The number of rotatable bonds is 5. The van der Waals surface area contributed by atoms with Gasteiger partial charge in [0, 0.05) is 10.0 Å². The Morgan fingerprint density at radius 3 is 2.88 bits per heavy atom. The summed E-state index contributed by atoms with van der Waals surface area (Å²) >= 11 is 3.31. The molecule has 1 atom stereocenters. The second kappa shape index (κ2) is 6.24. The Kier molecular flexibility index (Phi) is 4.96. The molecule has 0 aliphatic heterocycles. The zero-order chi connectivity index (χ0) is 12.8. The molecule has 92 valence electrons. The Morgan fingerprint density at radius 1 is 1.59 bits per heavy atom. The minimum Gasteiger partial charge on any atom is -0.479 e. The van der Waals surface area contributed by atoms with Crippen molar-refractivity contribution in [3.8, 4) is 5.75 Å². The van der Waals surface area contributed by atoms with Gasteiger partial charge in [-0.2, -0.15) is 0 Å². The van der Waals surface area contributed by atoms with Crippen molar-refractivity contribution < 1.29 is 19.5 Å². The van der Waals surface area contributed by atoms with E-state index >= 15 is 0 Å². The normalized spacial score (nSPS) is 12.4. The SMILES string of the molecule is CO/N=C/c1cc(Br)ccc1O[C@@H](C)C(=O)O. The molecule has 1 aromatic carbocycles. The van der Waals surface area contributed by atoms with Gasteiger partial charge in [-0.1, -0.05) is 21.1 Å². The molecule has 17 heavy (non-hydrogen) atoms. The van der Waals surface area contributed by atoms with E-state index in [1.165, 1.54) is 20.2 Å². The average Bonchev–Trinajstić information content (AvgIpc) is 2.29. The van der Waals surface area contributed by atoms with E-state index in [1.54, 1.807) is 18.2 Å². The smallest absolute Gasteiger partial charge is 0.344 e. The summed E-state index contributed by atoms with van der Waals surface area (Å²) in [5.41, 5.74) is 0.634. The molecule has 6 heteroatoms. The zero-order valence-corrected chi connectivity index (χ0v) is 11.0. The molecular weight excluding hydrogens is 290 g/mol. The number of carbonyl (C=O) groups is 1. The lowest BCUT2D eigenvalue weighted by molar-refractivity contribution is -0.144. The van der Waals surface area contributed by atoms with Crippen LogP contribution < -0.4 is 4.74 Å². The highest BCUT2D eigenvalue weighted by Gasteiger charge is 2.14. The minimum absolute atomic E-state index is 0.434. The predicted molar refractivity (Wildman–Crippen MR) is 66.5 cm³/mol. The summed E-state index contributed by atoms with van der Waals surface area (Å²) in [6, 6.07) is 5.18. The number of carboxylic acids is 1. The van der Waals surface area contributed by atoms with Gasteiger partial charge in [0.05, 0.1) is 6.21 Å². The largest absolute Gasteiger partial charge is 0.479 e. The third-order valence-electron chi connectivity index (χ3n) is 1.92. The van der Waals surface area contributed by atoms with Crippen LogP contribution in [0.15, 0.2) is 27.8 Å². The van der Waals surface area contributed by atoms with E-state index in [-0.39, 0.29) is 0 Å². The van der Waals surface area contributed by atoms with E-state index < -0.39 is 12.1 Å². The molecule has 1 N–H and O–H groups in total. The van der Waals surface area contributed by atoms with Crippen LogP contribution in [-0.4, -0.2) is 30.5 Å². The number of aliphatic carboxylic acids is 1.